The molecule has 0 saturated heterocycles. The molecule has 6 heterocycles. The van der Waals surface area contributed by atoms with E-state index >= 15 is 0 Å². The number of carbonyl (C=O) groups is 2. The maximum atomic E-state index is 12.8. The van der Waals surface area contributed by atoms with Crippen LogP contribution < -0.4 is 0 Å². The Morgan fingerprint density at radius 1 is 0.389 bits per heavy atom. The second-order valence-corrected chi connectivity index (χ2v) is 27.8. The summed E-state index contributed by atoms with van der Waals surface area (Å²) in [5.74, 6) is 2.36. The summed E-state index contributed by atoms with van der Waals surface area (Å²) in [6, 6.07) is 7.80. The molecular weight excluding hydrogens is 985 g/mol. The summed E-state index contributed by atoms with van der Waals surface area (Å²) in [6.07, 6.45) is 18.5. The van der Waals surface area contributed by atoms with Gasteiger partial charge in [0, 0.05) is 0 Å². The Labute approximate surface area is 384 Å². The number of allylic oxidation sites excluding steroid dienone is 4. The topological polar surface area (TPSA) is 60.4 Å². The number of thioether (sulfide) groups is 16. The molecule has 4 aliphatic rings. The molecule has 0 N–H and O–H groups in total. The number of rotatable bonds is 15. The molecule has 0 aromatic carbocycles. The molecule has 0 fully saturated rings. The Bertz CT molecular complexity index is 1890. The van der Waals surface area contributed by atoms with Crippen molar-refractivity contribution < 1.29 is 18.4 Å². The molecule has 0 radical (unpaired) electrons. The van der Waals surface area contributed by atoms with Crippen LogP contribution in [0.3, 0.4) is 0 Å². The lowest BCUT2D eigenvalue weighted by molar-refractivity contribution is -0.104. The van der Waals surface area contributed by atoms with Crippen molar-refractivity contribution in [3.63, 3.8) is 0 Å². The maximum Gasteiger partial charge on any atom is 0.155 e. The average molecular weight is 1020 g/mol. The summed E-state index contributed by atoms with van der Waals surface area (Å²) in [6.45, 7) is 0. The van der Waals surface area contributed by atoms with E-state index in [-0.39, 0.29) is 0 Å². The van der Waals surface area contributed by atoms with Crippen LogP contribution in [0.15, 0.2) is 83.9 Å². The number of hydrogen-bond donors (Lipinski definition) is 0. The molecule has 0 spiro atoms. The van der Waals surface area contributed by atoms with Gasteiger partial charge in [-0.25, -0.2) is 0 Å². The first-order chi connectivity index (χ1) is 26.3. The standard InChI is InChI=1S/C34H30O4S16/c1-39-27-28(40-2)48-23(47-27)15(13-35)17-9-11-19(37-17)21(25-51-31(43-5)32(44-6)52-25)22(26-53-33(45-7)34(46-8)54-26)20-12-10-18(38-20)16(14-36)24-49-29(41-3)30(42-4)50-24/h9-14H,1-8H3. The van der Waals surface area contributed by atoms with E-state index in [1.54, 1.807) is 188 Å². The number of hydrogen-bond acceptors (Lipinski definition) is 20. The monoisotopic (exact) mass is 1010 g/mol. The van der Waals surface area contributed by atoms with Gasteiger partial charge in [-0.05, 0) is 74.3 Å². The Kier molecular flexibility index (Phi) is 17.7. The van der Waals surface area contributed by atoms with Crippen molar-refractivity contribution in [1.82, 2.24) is 0 Å². The molecule has 0 saturated carbocycles. The van der Waals surface area contributed by atoms with Crippen LogP contribution in [-0.4, -0.2) is 62.6 Å². The Balaban J connectivity index is 1.53. The highest BCUT2D eigenvalue weighted by Crippen LogP contribution is 2.65. The fraction of sp³-hybridized carbons (Fsp3) is 0.235. The average Bonchev–Trinajstić information content (AvgIpc) is 4.05. The number of furan rings is 2. The third kappa shape index (κ3) is 9.64. The lowest BCUT2D eigenvalue weighted by Gasteiger charge is -2.15. The van der Waals surface area contributed by atoms with E-state index in [9.17, 15) is 9.59 Å². The van der Waals surface area contributed by atoms with Gasteiger partial charge in [0.05, 0.1) is 73.1 Å². The molecule has 0 amide bonds. The van der Waals surface area contributed by atoms with Crippen LogP contribution in [0, 0.1) is 0 Å². The number of aldehydes is 2. The molecule has 54 heavy (non-hydrogen) atoms. The first-order valence-electron chi connectivity index (χ1n) is 15.1. The van der Waals surface area contributed by atoms with Gasteiger partial charge in [-0.2, -0.15) is 0 Å². The zero-order chi connectivity index (χ0) is 38.5. The lowest BCUT2D eigenvalue weighted by atomic mass is 10.0. The molecule has 0 unspecified atom stereocenters. The molecule has 20 heteroatoms. The van der Waals surface area contributed by atoms with Gasteiger partial charge >= 0.3 is 0 Å². The predicted octanol–water partition coefficient (Wildman–Crippen LogP) is 16.0. The SMILES string of the molecule is CSC1=C(SC)SC(=C(C=O)c2ccc(C(=C3SC(SC)=C(SC)S3)C(=C3SC(SC)=C(SC)S3)c3ccc(C(C=O)=C4SC(SC)=C(SC)S4)o3)o2)S1. The molecule has 4 aliphatic heterocycles. The van der Waals surface area contributed by atoms with E-state index in [1.807, 2.05) is 24.3 Å². The quantitative estimate of drug-likeness (QED) is 0.126. The van der Waals surface area contributed by atoms with Crippen molar-refractivity contribution in [2.24, 2.45) is 0 Å². The maximum absolute atomic E-state index is 12.8. The largest absolute Gasteiger partial charge is 0.456 e. The molecule has 286 valence electrons. The molecule has 2 aromatic heterocycles. The summed E-state index contributed by atoms with van der Waals surface area (Å²) in [5, 5.41) is 0. The van der Waals surface area contributed by atoms with Gasteiger partial charge < -0.3 is 8.83 Å². The summed E-state index contributed by atoms with van der Waals surface area (Å²) in [4.78, 5) is 25.6. The highest BCUT2D eigenvalue weighted by atomic mass is 32.3. The van der Waals surface area contributed by atoms with Gasteiger partial charge in [0.1, 0.15) is 23.0 Å². The normalized spacial score (nSPS) is 17.7. The van der Waals surface area contributed by atoms with Crippen LogP contribution in [0.5, 0.6) is 0 Å². The third-order valence-electron chi connectivity index (χ3n) is 7.20. The fourth-order valence-corrected chi connectivity index (χ4v) is 25.0. The van der Waals surface area contributed by atoms with Crippen LogP contribution in [0.4, 0.5) is 0 Å². The van der Waals surface area contributed by atoms with E-state index in [4.69, 9.17) is 8.83 Å². The predicted molar refractivity (Wildman–Crippen MR) is 274 cm³/mol. The van der Waals surface area contributed by atoms with E-state index in [1.165, 1.54) is 33.9 Å². The fourth-order valence-electron chi connectivity index (χ4n) is 4.81. The smallest absolute Gasteiger partial charge is 0.155 e. The minimum Gasteiger partial charge on any atom is -0.456 e. The Morgan fingerprint density at radius 3 is 0.833 bits per heavy atom. The van der Waals surface area contributed by atoms with Crippen molar-refractivity contribution in [3.05, 3.63) is 98.2 Å². The van der Waals surface area contributed by atoms with E-state index in [0.717, 1.165) is 40.7 Å². The minimum absolute atomic E-state index is 0.529. The molecule has 6 rings (SSSR count). The Morgan fingerprint density at radius 2 is 0.611 bits per heavy atom. The van der Waals surface area contributed by atoms with Crippen molar-refractivity contribution in [2.75, 3.05) is 50.0 Å². The molecule has 0 bridgehead atoms. The van der Waals surface area contributed by atoms with Crippen LogP contribution in [0.2, 0.25) is 0 Å². The molecule has 0 aliphatic carbocycles. The van der Waals surface area contributed by atoms with Crippen molar-refractivity contribution in [3.8, 4) is 0 Å². The van der Waals surface area contributed by atoms with Gasteiger partial charge in [0.15, 0.2) is 12.6 Å². The molecule has 2 aromatic rings. The Hall–Kier alpha value is 1.42. The van der Waals surface area contributed by atoms with Crippen molar-refractivity contribution in [1.29, 1.82) is 0 Å². The van der Waals surface area contributed by atoms with E-state index < -0.39 is 0 Å². The molecule has 4 nitrogen and oxygen atoms in total. The zero-order valence-corrected chi connectivity index (χ0v) is 42.7. The van der Waals surface area contributed by atoms with Crippen molar-refractivity contribution >= 4 is 223 Å². The van der Waals surface area contributed by atoms with Crippen LogP contribution in [-0.2, 0) is 9.59 Å². The summed E-state index contributed by atoms with van der Waals surface area (Å²) in [7, 11) is 0. The molecule has 0 atom stereocenters. The first-order valence-corrected chi connectivity index (χ1v) is 31.4. The highest BCUT2D eigenvalue weighted by Gasteiger charge is 2.35. The number of carbonyl (C=O) groups excluding carboxylic acids is 2. The summed E-state index contributed by atoms with van der Waals surface area (Å²) < 4.78 is 27.3. The van der Waals surface area contributed by atoms with Gasteiger partial charge in [0.2, 0.25) is 0 Å². The second kappa shape index (κ2) is 21.3. The first kappa shape index (κ1) is 45.0. The van der Waals surface area contributed by atoms with Gasteiger partial charge in [-0.1, -0.05) is 94.1 Å². The summed E-state index contributed by atoms with van der Waals surface area (Å²) >= 11 is 27.2. The van der Waals surface area contributed by atoms with Gasteiger partial charge in [-0.15, -0.1) is 94.1 Å². The van der Waals surface area contributed by atoms with Crippen LogP contribution in [0.1, 0.15) is 23.0 Å². The minimum atomic E-state index is 0.529. The lowest BCUT2D eigenvalue weighted by Crippen LogP contribution is -1.93. The van der Waals surface area contributed by atoms with E-state index in [0.29, 0.717) is 34.2 Å². The second-order valence-electron chi connectivity index (χ2n) is 10.0. The zero-order valence-electron chi connectivity index (χ0n) is 29.6. The molecular formula is C34H30O4S16. The third-order valence-corrected chi connectivity index (χ3v) is 28.2. The van der Waals surface area contributed by atoms with Gasteiger partial charge in [-0.3, -0.25) is 9.59 Å². The summed E-state index contributed by atoms with van der Waals surface area (Å²) in [5.41, 5.74) is 2.90. The van der Waals surface area contributed by atoms with Crippen LogP contribution in [0.25, 0.3) is 22.3 Å². The van der Waals surface area contributed by atoms with Gasteiger partial charge in [0.25, 0.3) is 0 Å². The van der Waals surface area contributed by atoms with E-state index in [2.05, 4.69) is 50.0 Å². The highest BCUT2D eigenvalue weighted by molar-refractivity contribution is 8.43. The van der Waals surface area contributed by atoms with Crippen molar-refractivity contribution in [2.45, 2.75) is 0 Å². The van der Waals surface area contributed by atoms with Crippen LogP contribution >= 0.6 is 188 Å².